The Morgan fingerprint density at radius 1 is 1.10 bits per heavy atom. The molecule has 1 unspecified atom stereocenters. The van der Waals surface area contributed by atoms with Crippen LogP contribution in [-0.2, 0) is 21.4 Å². The van der Waals surface area contributed by atoms with Crippen LogP contribution in [-0.4, -0.2) is 36.9 Å². The van der Waals surface area contributed by atoms with Crippen molar-refractivity contribution in [3.8, 4) is 6.07 Å². The summed E-state index contributed by atoms with van der Waals surface area (Å²) in [5.74, 6) is -0.00381. The maximum Gasteiger partial charge on any atom is 0.238 e. The third kappa shape index (κ3) is 3.40. The number of benzene rings is 2. The quantitative estimate of drug-likeness (QED) is 0.809. The van der Waals surface area contributed by atoms with E-state index in [1.165, 1.54) is 0 Å². The molecule has 0 spiro atoms. The van der Waals surface area contributed by atoms with Crippen LogP contribution in [0.5, 0.6) is 0 Å². The first-order valence-corrected chi connectivity index (χ1v) is 10.1. The van der Waals surface area contributed by atoms with Gasteiger partial charge in [0.15, 0.2) is 0 Å². The van der Waals surface area contributed by atoms with E-state index < -0.39 is 5.41 Å². The largest absolute Gasteiger partial charge is 0.343 e. The van der Waals surface area contributed by atoms with Crippen molar-refractivity contribution in [2.24, 2.45) is 5.92 Å². The van der Waals surface area contributed by atoms with E-state index in [-0.39, 0.29) is 24.2 Å². The van der Waals surface area contributed by atoms with Crippen LogP contribution in [0.3, 0.4) is 0 Å². The van der Waals surface area contributed by atoms with Crippen LogP contribution in [0.15, 0.2) is 54.6 Å². The zero-order valence-corrected chi connectivity index (χ0v) is 16.7. The summed E-state index contributed by atoms with van der Waals surface area (Å²) in [7, 11) is 1.79. The predicted octanol–water partition coefficient (Wildman–Crippen LogP) is 3.30. The molecular formula is C24H25N3O2. The van der Waals surface area contributed by atoms with E-state index in [1.807, 2.05) is 59.5 Å². The number of carbonyl (C=O) groups excluding carboxylic acids is 2. The normalized spacial score (nSPS) is 21.7. The van der Waals surface area contributed by atoms with Crippen molar-refractivity contribution in [1.82, 2.24) is 4.90 Å². The van der Waals surface area contributed by atoms with Gasteiger partial charge in [-0.05, 0) is 36.5 Å². The van der Waals surface area contributed by atoms with Gasteiger partial charge in [0.2, 0.25) is 11.8 Å². The molecule has 0 bridgehead atoms. The number of fused-ring (bicyclic) bond motifs is 1. The maximum absolute atomic E-state index is 13.5. The van der Waals surface area contributed by atoms with Crippen LogP contribution in [0, 0.1) is 17.2 Å². The van der Waals surface area contributed by atoms with Gasteiger partial charge < -0.3 is 9.80 Å². The van der Waals surface area contributed by atoms with Gasteiger partial charge in [0, 0.05) is 38.2 Å². The Bertz CT molecular complexity index is 958. The first kappa shape index (κ1) is 19.2. The summed E-state index contributed by atoms with van der Waals surface area (Å²) < 4.78 is 0. The molecule has 2 aliphatic heterocycles. The number of rotatable bonds is 4. The van der Waals surface area contributed by atoms with Gasteiger partial charge in [0.1, 0.15) is 0 Å². The number of hydrogen-bond acceptors (Lipinski definition) is 3. The summed E-state index contributed by atoms with van der Waals surface area (Å²) in [5, 5.41) is 9.12. The zero-order valence-electron chi connectivity index (χ0n) is 16.7. The molecule has 1 saturated heterocycles. The van der Waals surface area contributed by atoms with Crippen LogP contribution < -0.4 is 4.90 Å². The van der Waals surface area contributed by atoms with Crippen molar-refractivity contribution in [3.05, 3.63) is 65.7 Å². The Hall–Kier alpha value is -3.13. The second-order valence-corrected chi connectivity index (χ2v) is 8.09. The lowest BCUT2D eigenvalue weighted by molar-refractivity contribution is -0.137. The Morgan fingerprint density at radius 3 is 2.45 bits per heavy atom. The molecule has 0 N–H and O–H groups in total. The van der Waals surface area contributed by atoms with E-state index in [9.17, 15) is 9.59 Å². The average Bonchev–Trinajstić information content (AvgIpc) is 2.97. The first-order valence-electron chi connectivity index (χ1n) is 10.1. The fourth-order valence-electron chi connectivity index (χ4n) is 4.69. The molecule has 5 heteroatoms. The highest BCUT2D eigenvalue weighted by Crippen LogP contribution is 2.46. The molecule has 2 heterocycles. The van der Waals surface area contributed by atoms with Gasteiger partial charge in [-0.15, -0.1) is 0 Å². The van der Waals surface area contributed by atoms with E-state index in [1.54, 1.807) is 11.9 Å². The molecule has 2 aliphatic rings. The van der Waals surface area contributed by atoms with Crippen molar-refractivity contribution in [3.63, 3.8) is 0 Å². The van der Waals surface area contributed by atoms with E-state index in [0.29, 0.717) is 32.4 Å². The van der Waals surface area contributed by atoms with Gasteiger partial charge in [0.05, 0.1) is 11.5 Å². The molecule has 29 heavy (non-hydrogen) atoms. The number of carbonyl (C=O) groups is 2. The molecule has 2 amide bonds. The van der Waals surface area contributed by atoms with Crippen LogP contribution >= 0.6 is 0 Å². The molecular weight excluding hydrogens is 362 g/mol. The number of piperidine rings is 1. The highest BCUT2D eigenvalue weighted by atomic mass is 16.2. The average molecular weight is 387 g/mol. The lowest BCUT2D eigenvalue weighted by Crippen LogP contribution is -2.47. The number of likely N-dealkylation sites (N-methyl/N-ethyl adjacent to an activating group) is 1. The zero-order chi connectivity index (χ0) is 20.4. The SMILES string of the molecule is CN1C(=O)C(CC(=O)N2CCC(C#N)CC2)(Cc2ccccc2)c2ccccc21. The minimum absolute atomic E-state index is 0.00391. The molecule has 0 aliphatic carbocycles. The number of amides is 2. The molecule has 0 aromatic heterocycles. The van der Waals surface area contributed by atoms with Crippen molar-refractivity contribution in [2.75, 3.05) is 25.0 Å². The summed E-state index contributed by atoms with van der Waals surface area (Å²) in [5.41, 5.74) is 1.96. The predicted molar refractivity (Wildman–Crippen MR) is 111 cm³/mol. The molecule has 0 saturated carbocycles. The van der Waals surface area contributed by atoms with Gasteiger partial charge in [-0.25, -0.2) is 0 Å². The standard InChI is InChI=1S/C24H25N3O2/c1-26-21-10-6-5-9-20(21)24(23(26)29,15-18-7-3-2-4-8-18)16-22(28)27-13-11-19(17-25)12-14-27/h2-10,19H,11-16H2,1H3. The summed E-state index contributed by atoms with van der Waals surface area (Å²) in [6.45, 7) is 1.17. The fourth-order valence-corrected chi connectivity index (χ4v) is 4.69. The molecule has 0 radical (unpaired) electrons. The topological polar surface area (TPSA) is 64.4 Å². The van der Waals surface area contributed by atoms with Crippen LogP contribution in [0.4, 0.5) is 5.69 Å². The molecule has 5 nitrogen and oxygen atoms in total. The molecule has 1 atom stereocenters. The molecule has 148 valence electrons. The number of para-hydroxylation sites is 1. The highest BCUT2D eigenvalue weighted by Gasteiger charge is 2.51. The smallest absolute Gasteiger partial charge is 0.238 e. The number of likely N-dealkylation sites (tertiary alicyclic amines) is 1. The highest BCUT2D eigenvalue weighted by molar-refractivity contribution is 6.09. The van der Waals surface area contributed by atoms with Crippen molar-refractivity contribution in [1.29, 1.82) is 5.26 Å². The van der Waals surface area contributed by atoms with E-state index in [2.05, 4.69) is 6.07 Å². The third-order valence-electron chi connectivity index (χ3n) is 6.33. The van der Waals surface area contributed by atoms with E-state index >= 15 is 0 Å². The Kier molecular flexibility index (Phi) is 5.10. The van der Waals surface area contributed by atoms with Crippen molar-refractivity contribution < 1.29 is 9.59 Å². The summed E-state index contributed by atoms with van der Waals surface area (Å²) >= 11 is 0. The lowest BCUT2D eigenvalue weighted by atomic mass is 9.73. The van der Waals surface area contributed by atoms with Crippen LogP contribution in [0.25, 0.3) is 0 Å². The molecule has 2 aromatic carbocycles. The van der Waals surface area contributed by atoms with E-state index in [0.717, 1.165) is 16.8 Å². The second-order valence-electron chi connectivity index (χ2n) is 8.09. The summed E-state index contributed by atoms with van der Waals surface area (Å²) in [4.78, 5) is 30.3. The number of nitriles is 1. The maximum atomic E-state index is 13.5. The van der Waals surface area contributed by atoms with Gasteiger partial charge in [0.25, 0.3) is 0 Å². The molecule has 4 rings (SSSR count). The van der Waals surface area contributed by atoms with Crippen molar-refractivity contribution in [2.45, 2.75) is 31.1 Å². The van der Waals surface area contributed by atoms with Gasteiger partial charge >= 0.3 is 0 Å². The Morgan fingerprint density at radius 2 is 1.76 bits per heavy atom. The van der Waals surface area contributed by atoms with Crippen molar-refractivity contribution >= 4 is 17.5 Å². The third-order valence-corrected chi connectivity index (χ3v) is 6.33. The summed E-state index contributed by atoms with van der Waals surface area (Å²) in [6, 6.07) is 20.0. The minimum atomic E-state index is -0.893. The summed E-state index contributed by atoms with van der Waals surface area (Å²) in [6.07, 6.45) is 2.06. The monoisotopic (exact) mass is 387 g/mol. The number of anilines is 1. The number of hydrogen-bond donors (Lipinski definition) is 0. The Balaban J connectivity index is 1.68. The Labute approximate surface area is 171 Å². The first-order chi connectivity index (χ1) is 14.0. The van der Waals surface area contributed by atoms with Gasteiger partial charge in [-0.2, -0.15) is 5.26 Å². The van der Waals surface area contributed by atoms with E-state index in [4.69, 9.17) is 5.26 Å². The molecule has 1 fully saturated rings. The fraction of sp³-hybridized carbons (Fsp3) is 0.375. The lowest BCUT2D eigenvalue weighted by Gasteiger charge is -2.34. The minimum Gasteiger partial charge on any atom is -0.343 e. The van der Waals surface area contributed by atoms with Crippen LogP contribution in [0.1, 0.15) is 30.4 Å². The second kappa shape index (κ2) is 7.71. The van der Waals surface area contributed by atoms with Crippen LogP contribution in [0.2, 0.25) is 0 Å². The number of nitrogens with zero attached hydrogens (tertiary/aromatic N) is 3. The van der Waals surface area contributed by atoms with Gasteiger partial charge in [-0.1, -0.05) is 48.5 Å². The molecule has 2 aromatic rings. The van der Waals surface area contributed by atoms with Gasteiger partial charge in [-0.3, -0.25) is 9.59 Å².